The number of alkyl halides is 3. The summed E-state index contributed by atoms with van der Waals surface area (Å²) in [6.07, 6.45) is -2.23. The van der Waals surface area contributed by atoms with E-state index in [4.69, 9.17) is 4.74 Å². The van der Waals surface area contributed by atoms with Crippen LogP contribution in [0.25, 0.3) is 12.2 Å². The lowest BCUT2D eigenvalue weighted by Gasteiger charge is -2.09. The van der Waals surface area contributed by atoms with Gasteiger partial charge in [0.05, 0.1) is 22.9 Å². The normalized spacial score (nSPS) is 12.8. The Hall–Kier alpha value is -3.33. The Morgan fingerprint density at radius 2 is 1.83 bits per heavy atom. The second kappa shape index (κ2) is 8.36. The number of hydrogen-bond donors (Lipinski definition) is 2. The molecule has 0 saturated heterocycles. The standard InChI is InChI=1S/C20H15F3N2O3S/c1-28-15-9-5-4-8-14(15)24-17(26)11-18-25-19(27)16(29-18)10-12-6-2-3-7-13(12)20(21,22)23/h2-11H,1H3,(H,24,26)(H,25,27)/b16-10-,18-11-. The summed E-state index contributed by atoms with van der Waals surface area (Å²) in [5.74, 6) is -0.0547. The van der Waals surface area contributed by atoms with Crippen molar-refractivity contribution in [1.29, 1.82) is 0 Å². The molecule has 9 heteroatoms. The number of nitrogens with one attached hydrogen (secondary N) is 2. The number of halogens is 3. The molecule has 3 rings (SSSR count). The minimum absolute atomic E-state index is 0.0537. The molecule has 0 saturated carbocycles. The van der Waals surface area contributed by atoms with E-state index < -0.39 is 23.2 Å². The van der Waals surface area contributed by atoms with Crippen molar-refractivity contribution in [1.82, 2.24) is 4.98 Å². The van der Waals surface area contributed by atoms with Gasteiger partial charge in [-0.25, -0.2) is 0 Å². The smallest absolute Gasteiger partial charge is 0.416 e. The summed E-state index contributed by atoms with van der Waals surface area (Å²) >= 11 is 0.884. The predicted molar refractivity (Wildman–Crippen MR) is 105 cm³/mol. The molecule has 0 aliphatic rings. The number of benzene rings is 2. The van der Waals surface area contributed by atoms with Crippen molar-refractivity contribution in [2.45, 2.75) is 6.18 Å². The van der Waals surface area contributed by atoms with Crippen LogP contribution >= 0.6 is 11.3 Å². The molecule has 0 bridgehead atoms. The maximum Gasteiger partial charge on any atom is 0.416 e. The number of aromatic amines is 1. The zero-order valence-corrected chi connectivity index (χ0v) is 15.9. The van der Waals surface area contributed by atoms with Gasteiger partial charge in [-0.05, 0) is 29.8 Å². The van der Waals surface area contributed by atoms with Crippen LogP contribution in [0.2, 0.25) is 0 Å². The number of aromatic nitrogens is 1. The average molecular weight is 420 g/mol. The van der Waals surface area contributed by atoms with Gasteiger partial charge in [0, 0.05) is 6.08 Å². The zero-order chi connectivity index (χ0) is 21.0. The number of rotatable bonds is 4. The zero-order valence-electron chi connectivity index (χ0n) is 15.0. The van der Waals surface area contributed by atoms with E-state index in [-0.39, 0.29) is 14.8 Å². The molecular weight excluding hydrogens is 405 g/mol. The van der Waals surface area contributed by atoms with Crippen molar-refractivity contribution >= 4 is 35.1 Å². The van der Waals surface area contributed by atoms with Gasteiger partial charge in [-0.1, -0.05) is 30.3 Å². The molecule has 0 aliphatic heterocycles. The number of hydrogen-bond acceptors (Lipinski definition) is 4. The molecule has 3 aromatic rings. The number of para-hydroxylation sites is 2. The summed E-state index contributed by atoms with van der Waals surface area (Å²) in [5.41, 5.74) is -1.10. The van der Waals surface area contributed by atoms with Crippen LogP contribution in [0.4, 0.5) is 18.9 Å². The highest BCUT2D eigenvalue weighted by atomic mass is 32.1. The highest BCUT2D eigenvalue weighted by Crippen LogP contribution is 2.32. The fourth-order valence-electron chi connectivity index (χ4n) is 2.58. The molecule has 1 heterocycles. The van der Waals surface area contributed by atoms with E-state index in [0.717, 1.165) is 29.6 Å². The molecule has 1 aromatic heterocycles. The van der Waals surface area contributed by atoms with E-state index in [2.05, 4.69) is 10.3 Å². The predicted octanol–water partition coefficient (Wildman–Crippen LogP) is 2.71. The van der Waals surface area contributed by atoms with Gasteiger partial charge < -0.3 is 15.0 Å². The molecular formula is C20H15F3N2O3S. The fourth-order valence-corrected chi connectivity index (χ4v) is 3.46. The molecule has 1 amide bonds. The van der Waals surface area contributed by atoms with Crippen molar-refractivity contribution in [2.24, 2.45) is 0 Å². The maximum atomic E-state index is 13.1. The monoisotopic (exact) mass is 420 g/mol. The minimum Gasteiger partial charge on any atom is -0.495 e. The number of carbonyl (C=O) groups is 1. The van der Waals surface area contributed by atoms with Gasteiger partial charge in [0.15, 0.2) is 0 Å². The number of anilines is 1. The van der Waals surface area contributed by atoms with Gasteiger partial charge in [0.2, 0.25) is 0 Å². The third-order valence-corrected chi connectivity index (χ3v) is 4.82. The van der Waals surface area contributed by atoms with Crippen LogP contribution in [-0.2, 0) is 11.0 Å². The second-order valence-corrected chi connectivity index (χ2v) is 6.93. The molecule has 2 aromatic carbocycles. The van der Waals surface area contributed by atoms with Gasteiger partial charge in [-0.3, -0.25) is 9.59 Å². The van der Waals surface area contributed by atoms with Gasteiger partial charge in [-0.2, -0.15) is 13.2 Å². The summed E-state index contributed by atoms with van der Waals surface area (Å²) < 4.78 is 44.8. The Morgan fingerprint density at radius 3 is 2.55 bits per heavy atom. The number of amides is 1. The Morgan fingerprint density at radius 1 is 1.14 bits per heavy atom. The first-order chi connectivity index (χ1) is 13.8. The van der Waals surface area contributed by atoms with E-state index in [1.165, 1.54) is 25.3 Å². The third-order valence-electron chi connectivity index (χ3n) is 3.86. The van der Waals surface area contributed by atoms with E-state index >= 15 is 0 Å². The van der Waals surface area contributed by atoms with Crippen molar-refractivity contribution in [2.75, 3.05) is 12.4 Å². The summed E-state index contributed by atoms with van der Waals surface area (Å²) in [6, 6.07) is 11.7. The van der Waals surface area contributed by atoms with Crippen molar-refractivity contribution in [3.05, 3.63) is 79.2 Å². The average Bonchev–Trinajstić information content (AvgIpc) is 3.00. The lowest BCUT2D eigenvalue weighted by atomic mass is 10.1. The van der Waals surface area contributed by atoms with E-state index in [1.807, 2.05) is 0 Å². The molecule has 5 nitrogen and oxygen atoms in total. The van der Waals surface area contributed by atoms with Gasteiger partial charge in [0.25, 0.3) is 11.5 Å². The molecule has 0 atom stereocenters. The third kappa shape index (κ3) is 4.94. The van der Waals surface area contributed by atoms with E-state index in [0.29, 0.717) is 11.4 Å². The quantitative estimate of drug-likeness (QED) is 0.682. The van der Waals surface area contributed by atoms with Crippen LogP contribution in [0.5, 0.6) is 5.75 Å². The van der Waals surface area contributed by atoms with Crippen molar-refractivity contribution in [3.8, 4) is 5.75 Å². The molecule has 0 unspecified atom stereocenters. The van der Waals surface area contributed by atoms with Crippen LogP contribution in [0.15, 0.2) is 53.3 Å². The SMILES string of the molecule is COc1ccccc1NC(=O)/C=c1/[nH]c(=O)/c(=C/c2ccccc2C(F)(F)F)s1. The van der Waals surface area contributed by atoms with Gasteiger partial charge in [0.1, 0.15) is 10.4 Å². The summed E-state index contributed by atoms with van der Waals surface area (Å²) in [4.78, 5) is 26.8. The maximum absolute atomic E-state index is 13.1. The van der Waals surface area contributed by atoms with Gasteiger partial charge >= 0.3 is 6.18 Å². The Bertz CT molecular complexity index is 1210. The fraction of sp³-hybridized carbons (Fsp3) is 0.100. The highest BCUT2D eigenvalue weighted by Gasteiger charge is 2.32. The topological polar surface area (TPSA) is 71.2 Å². The molecule has 29 heavy (non-hydrogen) atoms. The van der Waals surface area contributed by atoms with Crippen molar-refractivity contribution in [3.63, 3.8) is 0 Å². The largest absolute Gasteiger partial charge is 0.495 e. The first-order valence-corrected chi connectivity index (χ1v) is 9.12. The number of thiazole rings is 1. The molecule has 0 spiro atoms. The number of ether oxygens (including phenoxy) is 1. The second-order valence-electron chi connectivity index (χ2n) is 5.85. The Kier molecular flexibility index (Phi) is 5.88. The first-order valence-electron chi connectivity index (χ1n) is 8.31. The van der Waals surface area contributed by atoms with Crippen LogP contribution in [-0.4, -0.2) is 18.0 Å². The molecule has 0 aliphatic carbocycles. The van der Waals surface area contributed by atoms with Crippen LogP contribution in [0.3, 0.4) is 0 Å². The number of carbonyl (C=O) groups excluding carboxylic acids is 1. The number of methoxy groups -OCH3 is 1. The summed E-state index contributed by atoms with van der Waals surface area (Å²) in [5, 5.41) is 2.62. The minimum atomic E-state index is -4.54. The molecule has 0 radical (unpaired) electrons. The Labute approximate surface area is 166 Å². The van der Waals surface area contributed by atoms with E-state index in [1.54, 1.807) is 24.3 Å². The lowest BCUT2D eigenvalue weighted by molar-refractivity contribution is -0.137. The van der Waals surface area contributed by atoms with E-state index in [9.17, 15) is 22.8 Å². The summed E-state index contributed by atoms with van der Waals surface area (Å²) in [6.45, 7) is 0. The molecule has 2 N–H and O–H groups in total. The summed E-state index contributed by atoms with van der Waals surface area (Å²) in [7, 11) is 1.46. The van der Waals surface area contributed by atoms with Gasteiger partial charge in [-0.15, -0.1) is 11.3 Å². The van der Waals surface area contributed by atoms with Crippen molar-refractivity contribution < 1.29 is 22.7 Å². The highest BCUT2D eigenvalue weighted by molar-refractivity contribution is 7.07. The first kappa shape index (κ1) is 20.4. The van der Waals surface area contributed by atoms with Crippen LogP contribution in [0.1, 0.15) is 11.1 Å². The molecule has 150 valence electrons. The lowest BCUT2D eigenvalue weighted by Crippen LogP contribution is -2.21. The van der Waals surface area contributed by atoms with Crippen LogP contribution in [0, 0.1) is 0 Å². The Balaban J connectivity index is 1.94. The molecule has 0 fully saturated rings. The van der Waals surface area contributed by atoms with Crippen LogP contribution < -0.4 is 24.8 Å². The number of H-pyrrole nitrogens is 1.